The molecular formula is C28H21N4O5S2-. The Morgan fingerprint density at radius 2 is 1.31 bits per heavy atom. The number of rotatable bonds is 6. The van der Waals surface area contributed by atoms with Gasteiger partial charge in [0.25, 0.3) is 11.8 Å². The van der Waals surface area contributed by atoms with Crippen molar-refractivity contribution in [2.24, 2.45) is 0 Å². The van der Waals surface area contributed by atoms with Crippen molar-refractivity contribution in [2.45, 2.75) is 11.8 Å². The van der Waals surface area contributed by atoms with E-state index in [0.29, 0.717) is 54.5 Å². The largest absolute Gasteiger partial charge is 0.744 e. The molecule has 196 valence electrons. The summed E-state index contributed by atoms with van der Waals surface area (Å²) in [5.41, 5.74) is 9.68. The van der Waals surface area contributed by atoms with Crippen LogP contribution in [0.25, 0.3) is 20.8 Å². The van der Waals surface area contributed by atoms with Gasteiger partial charge in [0.05, 0.1) is 15.1 Å². The second-order valence-electron chi connectivity index (χ2n) is 8.72. The van der Waals surface area contributed by atoms with Crippen molar-refractivity contribution in [2.75, 3.05) is 16.4 Å². The zero-order chi connectivity index (χ0) is 27.7. The molecular weight excluding hydrogens is 536 g/mol. The third-order valence-corrected chi connectivity index (χ3v) is 8.22. The Morgan fingerprint density at radius 3 is 1.85 bits per heavy atom. The number of amides is 2. The number of hydrogen-bond donors (Lipinski definition) is 3. The molecule has 2 amide bonds. The first kappa shape index (κ1) is 26.0. The quantitative estimate of drug-likeness (QED) is 0.190. The molecule has 39 heavy (non-hydrogen) atoms. The van der Waals surface area contributed by atoms with E-state index >= 15 is 0 Å². The third-order valence-electron chi connectivity index (χ3n) is 5.93. The van der Waals surface area contributed by atoms with Gasteiger partial charge in [0.15, 0.2) is 0 Å². The predicted octanol–water partition coefficient (Wildman–Crippen LogP) is 5.26. The molecule has 0 aliphatic rings. The minimum atomic E-state index is -4.65. The molecule has 5 rings (SSSR count). The van der Waals surface area contributed by atoms with Crippen LogP contribution in [-0.2, 0) is 10.1 Å². The van der Waals surface area contributed by atoms with Crippen molar-refractivity contribution in [3.05, 3.63) is 102 Å². The van der Waals surface area contributed by atoms with Gasteiger partial charge >= 0.3 is 0 Å². The van der Waals surface area contributed by atoms with Crippen molar-refractivity contribution in [1.82, 2.24) is 4.98 Å². The maximum Gasteiger partial charge on any atom is 0.255 e. The Balaban J connectivity index is 1.27. The summed E-state index contributed by atoms with van der Waals surface area (Å²) in [5, 5.41) is 6.14. The van der Waals surface area contributed by atoms with Gasteiger partial charge in [-0.25, -0.2) is 13.4 Å². The van der Waals surface area contributed by atoms with Crippen LogP contribution in [-0.4, -0.2) is 29.8 Å². The highest BCUT2D eigenvalue weighted by molar-refractivity contribution is 7.86. The van der Waals surface area contributed by atoms with Gasteiger partial charge in [-0.2, -0.15) is 0 Å². The number of nitrogens with one attached hydrogen (secondary N) is 2. The Kier molecular flexibility index (Phi) is 6.87. The van der Waals surface area contributed by atoms with Crippen LogP contribution in [0.3, 0.4) is 0 Å². The Labute approximate surface area is 228 Å². The summed E-state index contributed by atoms with van der Waals surface area (Å²) in [4.78, 5) is 29.3. The van der Waals surface area contributed by atoms with E-state index in [1.54, 1.807) is 91.9 Å². The maximum atomic E-state index is 12.7. The standard InChI is InChI=1S/C28H22N4O5S2/c1-16-2-15-23-24(25(16)39(35,36)37)38-28(32-23)19-7-13-22(14-8-19)31-27(34)18-5-11-21(12-6-18)30-26(33)17-3-9-20(29)10-4-17/h2-15H,29H2,1H3,(H,30,33)(H,31,34)(H,35,36,37)/p-1. The fourth-order valence-corrected chi connectivity index (χ4v) is 6.23. The highest BCUT2D eigenvalue weighted by atomic mass is 32.2. The minimum Gasteiger partial charge on any atom is -0.744 e. The summed E-state index contributed by atoms with van der Waals surface area (Å²) in [6, 6.07) is 23.2. The van der Waals surface area contributed by atoms with Gasteiger partial charge in [-0.1, -0.05) is 6.07 Å². The maximum absolute atomic E-state index is 12.7. The first-order valence-electron chi connectivity index (χ1n) is 11.6. The molecule has 0 unspecified atom stereocenters. The lowest BCUT2D eigenvalue weighted by Gasteiger charge is -2.10. The van der Waals surface area contributed by atoms with E-state index in [1.165, 1.54) is 0 Å². The van der Waals surface area contributed by atoms with Crippen LogP contribution in [0, 0.1) is 6.92 Å². The van der Waals surface area contributed by atoms with Crippen LogP contribution >= 0.6 is 11.3 Å². The van der Waals surface area contributed by atoms with Crippen molar-refractivity contribution in [3.63, 3.8) is 0 Å². The van der Waals surface area contributed by atoms with E-state index in [2.05, 4.69) is 15.6 Å². The fourth-order valence-electron chi connectivity index (χ4n) is 3.94. The molecule has 11 heteroatoms. The molecule has 0 atom stereocenters. The first-order valence-corrected chi connectivity index (χ1v) is 13.9. The number of hydrogen-bond acceptors (Lipinski definition) is 8. The molecule has 0 spiro atoms. The van der Waals surface area contributed by atoms with Crippen LogP contribution in [0.2, 0.25) is 0 Å². The fraction of sp³-hybridized carbons (Fsp3) is 0.0357. The van der Waals surface area contributed by atoms with E-state index in [9.17, 15) is 22.6 Å². The van der Waals surface area contributed by atoms with Crippen molar-refractivity contribution < 1.29 is 22.6 Å². The number of benzene rings is 4. The normalized spacial score (nSPS) is 11.3. The lowest BCUT2D eigenvalue weighted by molar-refractivity contribution is 0.102. The number of anilines is 3. The van der Waals surface area contributed by atoms with Crippen molar-refractivity contribution in [1.29, 1.82) is 0 Å². The summed E-state index contributed by atoms with van der Waals surface area (Å²) in [5.74, 6) is -0.624. The number of fused-ring (bicyclic) bond motifs is 1. The molecule has 1 aromatic heterocycles. The molecule has 0 radical (unpaired) electrons. The Hall–Kier alpha value is -4.58. The summed E-state index contributed by atoms with van der Waals surface area (Å²) >= 11 is 1.13. The lowest BCUT2D eigenvalue weighted by Crippen LogP contribution is -2.13. The second kappa shape index (κ2) is 10.3. The zero-order valence-corrected chi connectivity index (χ0v) is 22.1. The number of thiazole rings is 1. The number of carbonyl (C=O) groups excluding carboxylic acids is 2. The van der Waals surface area contributed by atoms with Crippen LogP contribution in [0.5, 0.6) is 0 Å². The Bertz CT molecular complexity index is 1810. The molecule has 0 saturated carbocycles. The molecule has 0 bridgehead atoms. The van der Waals surface area contributed by atoms with Gasteiger partial charge in [-0.15, -0.1) is 11.3 Å². The summed E-state index contributed by atoms with van der Waals surface area (Å²) in [7, 11) is -4.65. The zero-order valence-electron chi connectivity index (χ0n) is 20.5. The van der Waals surface area contributed by atoms with Gasteiger partial charge in [0.1, 0.15) is 15.1 Å². The predicted molar refractivity (Wildman–Crippen MR) is 151 cm³/mol. The van der Waals surface area contributed by atoms with Crippen LogP contribution in [0.15, 0.2) is 89.8 Å². The van der Waals surface area contributed by atoms with E-state index in [0.717, 1.165) is 11.3 Å². The van der Waals surface area contributed by atoms with Crippen LogP contribution in [0.4, 0.5) is 17.1 Å². The molecule has 1 heterocycles. The molecule has 0 aliphatic carbocycles. The topological polar surface area (TPSA) is 154 Å². The molecule has 4 aromatic carbocycles. The van der Waals surface area contributed by atoms with Gasteiger partial charge < -0.3 is 20.9 Å². The molecule has 5 aromatic rings. The first-order chi connectivity index (χ1) is 18.6. The third kappa shape index (κ3) is 5.65. The smallest absolute Gasteiger partial charge is 0.255 e. The molecule has 0 saturated heterocycles. The van der Waals surface area contributed by atoms with Crippen LogP contribution < -0.4 is 16.4 Å². The number of nitrogen functional groups attached to an aromatic ring is 1. The van der Waals surface area contributed by atoms with Gasteiger partial charge in [-0.05, 0) is 91.3 Å². The monoisotopic (exact) mass is 557 g/mol. The molecule has 4 N–H and O–H groups in total. The number of nitrogens with two attached hydrogens (primary N) is 1. The van der Waals surface area contributed by atoms with E-state index in [-0.39, 0.29) is 16.7 Å². The van der Waals surface area contributed by atoms with Gasteiger partial charge in [0, 0.05) is 33.8 Å². The number of carbonyl (C=O) groups is 2. The lowest BCUT2D eigenvalue weighted by atomic mass is 10.1. The second-order valence-corrected chi connectivity index (χ2v) is 11.0. The minimum absolute atomic E-state index is 0.247. The van der Waals surface area contributed by atoms with Gasteiger partial charge in [-0.3, -0.25) is 9.59 Å². The van der Waals surface area contributed by atoms with E-state index in [1.807, 2.05) is 0 Å². The average molecular weight is 558 g/mol. The number of nitrogens with zero attached hydrogens (tertiary/aromatic N) is 1. The van der Waals surface area contributed by atoms with Crippen molar-refractivity contribution >= 4 is 60.5 Å². The van der Waals surface area contributed by atoms with E-state index in [4.69, 9.17) is 5.73 Å². The van der Waals surface area contributed by atoms with Gasteiger partial charge in [0.2, 0.25) is 0 Å². The summed E-state index contributed by atoms with van der Waals surface area (Å²) in [6.45, 7) is 1.58. The van der Waals surface area contributed by atoms with Crippen LogP contribution in [0.1, 0.15) is 26.3 Å². The summed E-state index contributed by atoms with van der Waals surface area (Å²) in [6.07, 6.45) is 0. The number of aromatic nitrogens is 1. The molecule has 0 aliphatic heterocycles. The summed E-state index contributed by atoms with van der Waals surface area (Å²) < 4.78 is 35.6. The molecule has 9 nitrogen and oxygen atoms in total. The van der Waals surface area contributed by atoms with E-state index < -0.39 is 10.1 Å². The highest BCUT2D eigenvalue weighted by Gasteiger charge is 2.16. The molecule has 0 fully saturated rings. The van der Waals surface area contributed by atoms with Crippen molar-refractivity contribution in [3.8, 4) is 10.6 Å². The number of aryl methyl sites for hydroxylation is 1. The Morgan fingerprint density at radius 1 is 0.795 bits per heavy atom. The highest BCUT2D eigenvalue weighted by Crippen LogP contribution is 2.36. The average Bonchev–Trinajstić information content (AvgIpc) is 3.33. The SMILES string of the molecule is Cc1ccc2nc(-c3ccc(NC(=O)c4ccc(NC(=O)c5ccc(N)cc5)cc4)cc3)sc2c1S(=O)(=O)[O-].